The second kappa shape index (κ2) is 8.28. The van der Waals surface area contributed by atoms with Gasteiger partial charge in [0.1, 0.15) is 4.90 Å². The Morgan fingerprint density at radius 2 is 1.58 bits per heavy atom. The fourth-order valence-electron chi connectivity index (χ4n) is 3.16. The van der Waals surface area contributed by atoms with E-state index in [4.69, 9.17) is 23.2 Å². The van der Waals surface area contributed by atoms with E-state index in [0.717, 1.165) is 19.5 Å². The summed E-state index contributed by atoms with van der Waals surface area (Å²) < 4.78 is 27.5. The Hall–Kier alpha value is -1.11. The summed E-state index contributed by atoms with van der Waals surface area (Å²) >= 11 is 12.2. The van der Waals surface area contributed by atoms with Gasteiger partial charge in [0.2, 0.25) is 10.0 Å². The molecule has 0 spiro atoms. The third-order valence-corrected chi connectivity index (χ3v) is 7.45. The third-order valence-electron chi connectivity index (χ3n) is 4.59. The van der Waals surface area contributed by atoms with Gasteiger partial charge in [-0.3, -0.25) is 4.90 Å². The minimum Gasteiger partial charge on any atom is -0.298 e. The van der Waals surface area contributed by atoms with Gasteiger partial charge in [-0.25, -0.2) is 8.42 Å². The molecule has 1 aliphatic rings. The zero-order valence-electron chi connectivity index (χ0n) is 14.7. The highest BCUT2D eigenvalue weighted by atomic mass is 35.5. The summed E-state index contributed by atoms with van der Waals surface area (Å²) in [5.74, 6) is 0. The largest absolute Gasteiger partial charge is 0.298 e. The van der Waals surface area contributed by atoms with Crippen LogP contribution in [0.25, 0.3) is 0 Å². The molecule has 3 rings (SSSR count). The van der Waals surface area contributed by atoms with Gasteiger partial charge in [-0.1, -0.05) is 59.1 Å². The van der Waals surface area contributed by atoms with Crippen LogP contribution in [0.4, 0.5) is 0 Å². The smallest absolute Gasteiger partial charge is 0.246 e. The topological polar surface area (TPSA) is 40.6 Å². The van der Waals surface area contributed by atoms with E-state index in [1.165, 1.54) is 15.4 Å². The van der Waals surface area contributed by atoms with E-state index >= 15 is 0 Å². The molecule has 0 bridgehead atoms. The Morgan fingerprint density at radius 1 is 0.923 bits per heavy atom. The van der Waals surface area contributed by atoms with Crippen molar-refractivity contribution >= 4 is 33.2 Å². The van der Waals surface area contributed by atoms with Gasteiger partial charge in [0.05, 0.1) is 10.0 Å². The van der Waals surface area contributed by atoms with Gasteiger partial charge in [0.15, 0.2) is 0 Å². The van der Waals surface area contributed by atoms with E-state index in [9.17, 15) is 8.42 Å². The monoisotopic (exact) mass is 412 g/mol. The molecular weight excluding hydrogens is 391 g/mol. The van der Waals surface area contributed by atoms with E-state index < -0.39 is 10.0 Å². The lowest BCUT2D eigenvalue weighted by Gasteiger charge is -2.22. The number of halogens is 2. The molecule has 0 aromatic heterocycles. The first kappa shape index (κ1) is 19.6. The lowest BCUT2D eigenvalue weighted by atomic mass is 10.1. The first-order valence-electron chi connectivity index (χ1n) is 8.60. The van der Waals surface area contributed by atoms with Crippen LogP contribution < -0.4 is 0 Å². The van der Waals surface area contributed by atoms with Gasteiger partial charge < -0.3 is 0 Å². The van der Waals surface area contributed by atoms with E-state index in [1.807, 2.05) is 0 Å². The third kappa shape index (κ3) is 4.41. The van der Waals surface area contributed by atoms with Crippen LogP contribution in [-0.4, -0.2) is 43.8 Å². The molecule has 0 N–H and O–H groups in total. The number of benzene rings is 2. The summed E-state index contributed by atoms with van der Waals surface area (Å²) in [7, 11) is -3.71. The fourth-order valence-corrected chi connectivity index (χ4v) is 5.72. The molecular formula is C19H22Cl2N2O2S. The van der Waals surface area contributed by atoms with Crippen molar-refractivity contribution in [2.24, 2.45) is 0 Å². The molecule has 1 aliphatic heterocycles. The van der Waals surface area contributed by atoms with Crippen LogP contribution >= 0.6 is 23.2 Å². The zero-order valence-corrected chi connectivity index (χ0v) is 17.0. The number of aryl methyl sites for hydroxylation is 1. The number of hydrogen-bond donors (Lipinski definition) is 0. The summed E-state index contributed by atoms with van der Waals surface area (Å²) in [5, 5.41) is 0.330. The number of hydrogen-bond acceptors (Lipinski definition) is 3. The van der Waals surface area contributed by atoms with Crippen LogP contribution in [0.2, 0.25) is 10.0 Å². The summed E-state index contributed by atoms with van der Waals surface area (Å²) in [6, 6.07) is 13.2. The predicted octanol–water partition coefficient (Wildman–Crippen LogP) is 4.20. The van der Waals surface area contributed by atoms with Crippen molar-refractivity contribution < 1.29 is 8.42 Å². The SMILES string of the molecule is Cc1ccc(CN2CCCN(S(=O)(=O)c3c(Cl)cccc3Cl)CC2)cc1. The molecule has 0 radical (unpaired) electrons. The summed E-state index contributed by atoms with van der Waals surface area (Å²) in [5.41, 5.74) is 2.47. The lowest BCUT2D eigenvalue weighted by molar-refractivity contribution is 0.278. The predicted molar refractivity (Wildman–Crippen MR) is 106 cm³/mol. The van der Waals surface area contributed by atoms with Crippen molar-refractivity contribution in [2.45, 2.75) is 24.8 Å². The van der Waals surface area contributed by atoms with Gasteiger partial charge in [-0.05, 0) is 37.6 Å². The molecule has 1 heterocycles. The van der Waals surface area contributed by atoms with Gasteiger partial charge in [-0.2, -0.15) is 4.31 Å². The quantitative estimate of drug-likeness (QED) is 0.755. The Labute approximate surface area is 165 Å². The Morgan fingerprint density at radius 3 is 2.23 bits per heavy atom. The molecule has 1 fully saturated rings. The Bertz CT molecular complexity index is 849. The second-order valence-corrected chi connectivity index (χ2v) is 9.26. The molecule has 0 atom stereocenters. The maximum absolute atomic E-state index is 13.0. The summed E-state index contributed by atoms with van der Waals surface area (Å²) in [4.78, 5) is 2.30. The zero-order chi connectivity index (χ0) is 18.7. The maximum atomic E-state index is 13.0. The van der Waals surface area contributed by atoms with Crippen LogP contribution in [0.5, 0.6) is 0 Å². The van der Waals surface area contributed by atoms with Crippen LogP contribution in [0.1, 0.15) is 17.5 Å². The molecule has 4 nitrogen and oxygen atoms in total. The minimum absolute atomic E-state index is 0.00955. The van der Waals surface area contributed by atoms with Gasteiger partial charge in [0, 0.05) is 26.2 Å². The number of rotatable bonds is 4. The molecule has 2 aromatic carbocycles. The molecule has 0 saturated carbocycles. The van der Waals surface area contributed by atoms with Gasteiger partial charge in [0.25, 0.3) is 0 Å². The van der Waals surface area contributed by atoms with Crippen LogP contribution in [0.15, 0.2) is 47.4 Å². The highest BCUT2D eigenvalue weighted by Crippen LogP contribution is 2.31. The van der Waals surface area contributed by atoms with Crippen molar-refractivity contribution in [3.8, 4) is 0 Å². The molecule has 0 unspecified atom stereocenters. The highest BCUT2D eigenvalue weighted by molar-refractivity contribution is 7.89. The molecule has 2 aromatic rings. The molecule has 140 valence electrons. The van der Waals surface area contributed by atoms with Gasteiger partial charge in [-0.15, -0.1) is 0 Å². The average Bonchev–Trinajstić information content (AvgIpc) is 2.83. The highest BCUT2D eigenvalue weighted by Gasteiger charge is 2.30. The normalized spacial score (nSPS) is 17.2. The first-order chi connectivity index (χ1) is 12.4. The average molecular weight is 413 g/mol. The summed E-state index contributed by atoms with van der Waals surface area (Å²) in [6.45, 7) is 5.31. The molecule has 26 heavy (non-hydrogen) atoms. The van der Waals surface area contributed by atoms with Crippen LogP contribution in [0.3, 0.4) is 0 Å². The molecule has 0 aliphatic carbocycles. The van der Waals surface area contributed by atoms with Crippen molar-refractivity contribution in [2.75, 3.05) is 26.2 Å². The first-order valence-corrected chi connectivity index (χ1v) is 10.8. The van der Waals surface area contributed by atoms with E-state index in [0.29, 0.717) is 19.6 Å². The van der Waals surface area contributed by atoms with Gasteiger partial charge >= 0.3 is 0 Å². The molecule has 0 amide bonds. The second-order valence-electron chi connectivity index (χ2n) is 6.57. The van der Waals surface area contributed by atoms with E-state index in [2.05, 4.69) is 36.1 Å². The van der Waals surface area contributed by atoms with Crippen molar-refractivity contribution in [3.63, 3.8) is 0 Å². The molecule has 7 heteroatoms. The summed E-state index contributed by atoms with van der Waals surface area (Å²) in [6.07, 6.45) is 0.771. The van der Waals surface area contributed by atoms with Crippen LogP contribution in [-0.2, 0) is 16.6 Å². The minimum atomic E-state index is -3.71. The van der Waals surface area contributed by atoms with E-state index in [-0.39, 0.29) is 14.9 Å². The lowest BCUT2D eigenvalue weighted by Crippen LogP contribution is -2.35. The standard InChI is InChI=1S/C19H22Cl2N2O2S/c1-15-6-8-16(9-7-15)14-22-10-3-11-23(13-12-22)26(24,25)19-17(20)4-2-5-18(19)21/h2,4-9H,3,10-14H2,1H3. The Balaban J connectivity index is 1.72. The van der Waals surface area contributed by atoms with Crippen molar-refractivity contribution in [1.29, 1.82) is 0 Å². The fraction of sp³-hybridized carbons (Fsp3) is 0.368. The number of nitrogens with zero attached hydrogens (tertiary/aromatic N) is 2. The molecule has 1 saturated heterocycles. The van der Waals surface area contributed by atoms with Crippen LogP contribution in [0, 0.1) is 6.92 Å². The van der Waals surface area contributed by atoms with Crippen molar-refractivity contribution in [1.82, 2.24) is 9.21 Å². The van der Waals surface area contributed by atoms with E-state index in [1.54, 1.807) is 18.2 Å². The number of sulfonamides is 1. The maximum Gasteiger partial charge on any atom is 0.246 e. The van der Waals surface area contributed by atoms with Crippen molar-refractivity contribution in [3.05, 3.63) is 63.6 Å². The Kier molecular flexibility index (Phi) is 6.25.